The Morgan fingerprint density at radius 2 is 2.05 bits per heavy atom. The lowest BCUT2D eigenvalue weighted by Crippen LogP contribution is -2.33. The molecule has 0 saturated carbocycles. The second-order valence-corrected chi connectivity index (χ2v) is 6.54. The average Bonchev–Trinajstić information content (AvgIpc) is 2.85. The van der Waals surface area contributed by atoms with E-state index in [4.69, 9.17) is 0 Å². The zero-order valence-corrected chi connectivity index (χ0v) is 12.5. The summed E-state index contributed by atoms with van der Waals surface area (Å²) < 4.78 is 0. The van der Waals surface area contributed by atoms with Gasteiger partial charge in [-0.15, -0.1) is 11.3 Å². The predicted octanol–water partition coefficient (Wildman–Crippen LogP) is 4.23. The average molecular weight is 271 g/mol. The van der Waals surface area contributed by atoms with Crippen molar-refractivity contribution in [1.29, 1.82) is 0 Å². The molecule has 0 amide bonds. The van der Waals surface area contributed by atoms with Crippen molar-refractivity contribution in [3.05, 3.63) is 57.3 Å². The third-order valence-electron chi connectivity index (χ3n) is 4.19. The maximum atomic E-state index is 3.57. The Bertz CT molecular complexity index is 558. The first-order valence-electron chi connectivity index (χ1n) is 7.07. The van der Waals surface area contributed by atoms with Crippen molar-refractivity contribution >= 4 is 11.3 Å². The van der Waals surface area contributed by atoms with Crippen LogP contribution >= 0.6 is 11.3 Å². The van der Waals surface area contributed by atoms with Crippen LogP contribution in [0.2, 0.25) is 0 Å². The zero-order chi connectivity index (χ0) is 13.2. The molecule has 1 aromatic heterocycles. The number of benzene rings is 1. The van der Waals surface area contributed by atoms with E-state index in [1.165, 1.54) is 23.1 Å². The maximum Gasteiger partial charge on any atom is 0.0112 e. The number of nitrogens with one attached hydrogen (secondary N) is 1. The van der Waals surface area contributed by atoms with Gasteiger partial charge in [-0.1, -0.05) is 29.8 Å². The van der Waals surface area contributed by atoms with Crippen LogP contribution in [0, 0.1) is 13.8 Å². The Balaban J connectivity index is 1.96. The SMILES string of the molecule is Cc1cccc(C2CNCCC2c2sccc2C)c1. The second-order valence-electron chi connectivity index (χ2n) is 5.59. The van der Waals surface area contributed by atoms with Crippen molar-refractivity contribution < 1.29 is 0 Å². The Hall–Kier alpha value is -1.12. The van der Waals surface area contributed by atoms with Crippen LogP contribution in [0.25, 0.3) is 0 Å². The molecule has 1 aliphatic rings. The molecule has 1 nitrogen and oxygen atoms in total. The quantitative estimate of drug-likeness (QED) is 0.862. The number of hydrogen-bond donors (Lipinski definition) is 1. The van der Waals surface area contributed by atoms with Gasteiger partial charge in [-0.2, -0.15) is 0 Å². The maximum absolute atomic E-state index is 3.57. The third kappa shape index (κ3) is 2.60. The summed E-state index contributed by atoms with van der Waals surface area (Å²) in [6, 6.07) is 11.3. The minimum Gasteiger partial charge on any atom is -0.316 e. The van der Waals surface area contributed by atoms with Gasteiger partial charge in [0, 0.05) is 23.3 Å². The number of thiophene rings is 1. The first kappa shape index (κ1) is 12.9. The first-order chi connectivity index (χ1) is 9.25. The number of hydrogen-bond acceptors (Lipinski definition) is 2. The zero-order valence-electron chi connectivity index (χ0n) is 11.6. The van der Waals surface area contributed by atoms with Crippen LogP contribution in [0.5, 0.6) is 0 Å². The van der Waals surface area contributed by atoms with Crippen LogP contribution < -0.4 is 5.32 Å². The highest BCUT2D eigenvalue weighted by atomic mass is 32.1. The van der Waals surface area contributed by atoms with Gasteiger partial charge in [-0.25, -0.2) is 0 Å². The normalized spacial score (nSPS) is 23.5. The highest BCUT2D eigenvalue weighted by molar-refractivity contribution is 7.10. The number of piperidine rings is 1. The fourth-order valence-corrected chi connectivity index (χ4v) is 4.32. The standard InChI is InChI=1S/C17H21NS/c1-12-4-3-5-14(10-12)16-11-18-8-6-15(16)17-13(2)7-9-19-17/h3-5,7,9-10,15-16,18H,6,8,11H2,1-2H3. The van der Waals surface area contributed by atoms with E-state index >= 15 is 0 Å². The van der Waals surface area contributed by atoms with E-state index in [1.54, 1.807) is 4.88 Å². The first-order valence-corrected chi connectivity index (χ1v) is 7.95. The highest BCUT2D eigenvalue weighted by Crippen LogP contribution is 2.40. The van der Waals surface area contributed by atoms with Gasteiger partial charge in [0.15, 0.2) is 0 Å². The topological polar surface area (TPSA) is 12.0 Å². The molecule has 2 unspecified atom stereocenters. The molecule has 2 aromatic rings. The van der Waals surface area contributed by atoms with E-state index in [0.717, 1.165) is 13.1 Å². The summed E-state index contributed by atoms with van der Waals surface area (Å²) >= 11 is 1.93. The second kappa shape index (κ2) is 5.48. The van der Waals surface area contributed by atoms with Crippen molar-refractivity contribution in [2.24, 2.45) is 0 Å². The third-order valence-corrected chi connectivity index (χ3v) is 5.34. The molecule has 1 aromatic carbocycles. The minimum absolute atomic E-state index is 0.617. The molecule has 19 heavy (non-hydrogen) atoms. The number of aryl methyl sites for hydroxylation is 2. The molecule has 0 radical (unpaired) electrons. The number of rotatable bonds is 2. The van der Waals surface area contributed by atoms with Crippen molar-refractivity contribution in [3.63, 3.8) is 0 Å². The fraction of sp³-hybridized carbons (Fsp3) is 0.412. The molecule has 0 aliphatic carbocycles. The van der Waals surface area contributed by atoms with Crippen molar-refractivity contribution in [2.45, 2.75) is 32.1 Å². The molecule has 2 heterocycles. The van der Waals surface area contributed by atoms with Crippen LogP contribution in [0.1, 0.15) is 39.8 Å². The molecule has 2 atom stereocenters. The summed E-state index contributed by atoms with van der Waals surface area (Å²) in [7, 11) is 0. The Labute approximate surface area is 119 Å². The molecule has 2 heteroatoms. The Morgan fingerprint density at radius 3 is 2.79 bits per heavy atom. The van der Waals surface area contributed by atoms with E-state index in [9.17, 15) is 0 Å². The molecule has 1 aliphatic heterocycles. The van der Waals surface area contributed by atoms with E-state index in [1.807, 2.05) is 11.3 Å². The van der Waals surface area contributed by atoms with E-state index in [-0.39, 0.29) is 0 Å². The summed E-state index contributed by atoms with van der Waals surface area (Å²) in [6.07, 6.45) is 1.25. The summed E-state index contributed by atoms with van der Waals surface area (Å²) in [5, 5.41) is 5.80. The molecule has 0 bridgehead atoms. The highest BCUT2D eigenvalue weighted by Gasteiger charge is 2.29. The van der Waals surface area contributed by atoms with E-state index in [0.29, 0.717) is 11.8 Å². The monoisotopic (exact) mass is 271 g/mol. The fourth-order valence-electron chi connectivity index (χ4n) is 3.19. The van der Waals surface area contributed by atoms with Gasteiger partial charge in [-0.05, 0) is 49.4 Å². The molecule has 1 fully saturated rings. The van der Waals surface area contributed by atoms with Gasteiger partial charge in [0.25, 0.3) is 0 Å². The summed E-state index contributed by atoms with van der Waals surface area (Å²) in [4.78, 5) is 1.59. The summed E-state index contributed by atoms with van der Waals surface area (Å²) in [6.45, 7) is 6.68. The molecule has 0 spiro atoms. The molecule has 3 rings (SSSR count). The lowest BCUT2D eigenvalue weighted by Gasteiger charge is -2.32. The predicted molar refractivity (Wildman–Crippen MR) is 83.2 cm³/mol. The van der Waals surface area contributed by atoms with Crippen LogP contribution in [0.15, 0.2) is 35.7 Å². The summed E-state index contributed by atoms with van der Waals surface area (Å²) in [5.41, 5.74) is 4.32. The molecule has 1 N–H and O–H groups in total. The van der Waals surface area contributed by atoms with E-state index < -0.39 is 0 Å². The van der Waals surface area contributed by atoms with Crippen LogP contribution in [-0.4, -0.2) is 13.1 Å². The van der Waals surface area contributed by atoms with Gasteiger partial charge in [0.2, 0.25) is 0 Å². The van der Waals surface area contributed by atoms with Crippen LogP contribution in [0.3, 0.4) is 0 Å². The smallest absolute Gasteiger partial charge is 0.0112 e. The van der Waals surface area contributed by atoms with Gasteiger partial charge in [0.05, 0.1) is 0 Å². The summed E-state index contributed by atoms with van der Waals surface area (Å²) in [5.74, 6) is 1.30. The van der Waals surface area contributed by atoms with Crippen molar-refractivity contribution in [1.82, 2.24) is 5.32 Å². The van der Waals surface area contributed by atoms with Crippen LogP contribution in [-0.2, 0) is 0 Å². The Morgan fingerprint density at radius 1 is 1.16 bits per heavy atom. The lowest BCUT2D eigenvalue weighted by atomic mass is 9.79. The van der Waals surface area contributed by atoms with E-state index in [2.05, 4.69) is 54.9 Å². The van der Waals surface area contributed by atoms with Crippen LogP contribution in [0.4, 0.5) is 0 Å². The van der Waals surface area contributed by atoms with Crippen molar-refractivity contribution in [2.75, 3.05) is 13.1 Å². The van der Waals surface area contributed by atoms with Gasteiger partial charge in [-0.3, -0.25) is 0 Å². The van der Waals surface area contributed by atoms with Gasteiger partial charge >= 0.3 is 0 Å². The van der Waals surface area contributed by atoms with Gasteiger partial charge < -0.3 is 5.32 Å². The minimum atomic E-state index is 0.617. The lowest BCUT2D eigenvalue weighted by molar-refractivity contribution is 0.407. The Kier molecular flexibility index (Phi) is 3.72. The van der Waals surface area contributed by atoms with Gasteiger partial charge in [0.1, 0.15) is 0 Å². The molecule has 1 saturated heterocycles. The molecule has 100 valence electrons. The largest absolute Gasteiger partial charge is 0.316 e. The molecular formula is C17H21NS. The van der Waals surface area contributed by atoms with Crippen molar-refractivity contribution in [3.8, 4) is 0 Å². The molecular weight excluding hydrogens is 250 g/mol.